The zero-order chi connectivity index (χ0) is 12.1. The van der Waals surface area contributed by atoms with E-state index in [1.165, 1.54) is 32.2 Å². The van der Waals surface area contributed by atoms with Crippen LogP contribution in [-0.2, 0) is 6.54 Å². The molecule has 1 aromatic rings. The first-order chi connectivity index (χ1) is 8.28. The van der Waals surface area contributed by atoms with Gasteiger partial charge in [-0.2, -0.15) is 0 Å². The number of nitrogen functional groups attached to an aromatic ring is 1. The van der Waals surface area contributed by atoms with Crippen LogP contribution in [0.4, 0.5) is 5.82 Å². The lowest BCUT2D eigenvalue weighted by molar-refractivity contribution is 0.268. The Morgan fingerprint density at radius 1 is 1.35 bits per heavy atom. The number of hydrogen-bond acceptors (Lipinski definition) is 5. The molecule has 1 aromatic heterocycles. The molecule has 0 atom stereocenters. The molecule has 0 aliphatic heterocycles. The maximum absolute atomic E-state index is 5.25. The van der Waals surface area contributed by atoms with Crippen molar-refractivity contribution in [2.45, 2.75) is 32.2 Å². The van der Waals surface area contributed by atoms with E-state index in [1.807, 2.05) is 0 Å². The van der Waals surface area contributed by atoms with Gasteiger partial charge in [-0.1, -0.05) is 12.8 Å². The van der Waals surface area contributed by atoms with E-state index in [0.717, 1.165) is 18.2 Å². The number of nitrogens with one attached hydrogen (secondary N) is 1. The molecule has 1 aliphatic rings. The molecule has 3 N–H and O–H groups in total. The highest BCUT2D eigenvalue weighted by Crippen LogP contribution is 2.25. The average Bonchev–Trinajstić information content (AvgIpc) is 2.82. The van der Waals surface area contributed by atoms with Crippen molar-refractivity contribution in [2.24, 2.45) is 11.8 Å². The van der Waals surface area contributed by atoms with E-state index in [-0.39, 0.29) is 0 Å². The molecular weight excluding hydrogens is 214 g/mol. The minimum absolute atomic E-state index is 0.604. The van der Waals surface area contributed by atoms with Crippen LogP contribution in [0.25, 0.3) is 0 Å². The molecule has 1 saturated carbocycles. The van der Waals surface area contributed by atoms with E-state index < -0.39 is 0 Å². The maximum atomic E-state index is 5.25. The molecule has 0 radical (unpaired) electrons. The molecule has 2 rings (SSSR count). The minimum Gasteiger partial charge on any atom is -0.307 e. The third-order valence-electron chi connectivity index (χ3n) is 3.33. The van der Waals surface area contributed by atoms with Crippen molar-refractivity contribution >= 4 is 5.82 Å². The average molecular weight is 235 g/mol. The smallest absolute Gasteiger partial charge is 0.158 e. The zero-order valence-corrected chi connectivity index (χ0v) is 10.4. The predicted molar refractivity (Wildman–Crippen MR) is 68.1 cm³/mol. The fourth-order valence-electron chi connectivity index (χ4n) is 2.49. The molecule has 0 saturated heterocycles. The van der Waals surface area contributed by atoms with Crippen LogP contribution >= 0.6 is 0 Å². The molecule has 17 heavy (non-hydrogen) atoms. The second-order valence-corrected chi connectivity index (χ2v) is 4.88. The van der Waals surface area contributed by atoms with Gasteiger partial charge in [0.15, 0.2) is 5.82 Å². The van der Waals surface area contributed by atoms with Crippen LogP contribution in [0.3, 0.4) is 0 Å². The summed E-state index contributed by atoms with van der Waals surface area (Å²) in [4.78, 5) is 10.8. The fourth-order valence-corrected chi connectivity index (χ4v) is 2.49. The standard InChI is InChI=1S/C12H21N5/c1-17(8-10-4-2-3-5-10)9-11-6-15-12(16-13)7-14-11/h6-7,10H,2-5,8-9,13H2,1H3,(H,15,16). The number of aromatic nitrogens is 2. The Hall–Kier alpha value is -1.20. The predicted octanol–water partition coefficient (Wildman–Crippen LogP) is 1.38. The van der Waals surface area contributed by atoms with Gasteiger partial charge in [0.25, 0.3) is 0 Å². The summed E-state index contributed by atoms with van der Waals surface area (Å²) in [6.45, 7) is 2.02. The molecule has 0 aromatic carbocycles. The second kappa shape index (κ2) is 5.93. The Morgan fingerprint density at radius 3 is 2.71 bits per heavy atom. The number of nitrogens with zero attached hydrogens (tertiary/aromatic N) is 3. The highest BCUT2D eigenvalue weighted by Gasteiger charge is 2.16. The summed E-state index contributed by atoms with van der Waals surface area (Å²) in [5.41, 5.74) is 3.47. The largest absolute Gasteiger partial charge is 0.307 e. The lowest BCUT2D eigenvalue weighted by atomic mass is 10.1. The van der Waals surface area contributed by atoms with Crippen molar-refractivity contribution in [1.82, 2.24) is 14.9 Å². The quantitative estimate of drug-likeness (QED) is 0.596. The Bertz CT molecular complexity index is 331. The molecule has 1 aliphatic carbocycles. The first kappa shape index (κ1) is 12.3. The maximum Gasteiger partial charge on any atom is 0.158 e. The van der Waals surface area contributed by atoms with Crippen molar-refractivity contribution in [3.05, 3.63) is 18.1 Å². The summed E-state index contributed by atoms with van der Waals surface area (Å²) in [6, 6.07) is 0. The van der Waals surface area contributed by atoms with Gasteiger partial charge in [-0.3, -0.25) is 4.98 Å². The van der Waals surface area contributed by atoms with Crippen molar-refractivity contribution in [1.29, 1.82) is 0 Å². The van der Waals surface area contributed by atoms with Crippen molar-refractivity contribution in [3.63, 3.8) is 0 Å². The van der Waals surface area contributed by atoms with Gasteiger partial charge in [0.2, 0.25) is 0 Å². The molecular formula is C12H21N5. The van der Waals surface area contributed by atoms with Crippen LogP contribution in [0.2, 0.25) is 0 Å². The van der Waals surface area contributed by atoms with E-state index in [2.05, 4.69) is 27.3 Å². The summed E-state index contributed by atoms with van der Waals surface area (Å²) >= 11 is 0. The lowest BCUT2D eigenvalue weighted by Gasteiger charge is -2.20. The van der Waals surface area contributed by atoms with E-state index in [4.69, 9.17) is 5.84 Å². The summed E-state index contributed by atoms with van der Waals surface area (Å²) in [6.07, 6.45) is 9.00. The van der Waals surface area contributed by atoms with Gasteiger partial charge in [0.1, 0.15) is 0 Å². The minimum atomic E-state index is 0.604. The molecule has 5 nitrogen and oxygen atoms in total. The Labute approximate surface area is 102 Å². The molecule has 5 heteroatoms. The zero-order valence-electron chi connectivity index (χ0n) is 10.4. The van der Waals surface area contributed by atoms with Crippen molar-refractivity contribution in [3.8, 4) is 0 Å². The number of rotatable bonds is 5. The van der Waals surface area contributed by atoms with Crippen LogP contribution in [0.15, 0.2) is 12.4 Å². The van der Waals surface area contributed by atoms with E-state index in [9.17, 15) is 0 Å². The van der Waals surface area contributed by atoms with E-state index >= 15 is 0 Å². The van der Waals surface area contributed by atoms with Crippen LogP contribution in [0.5, 0.6) is 0 Å². The van der Waals surface area contributed by atoms with E-state index in [1.54, 1.807) is 12.4 Å². The molecule has 0 bridgehead atoms. The van der Waals surface area contributed by atoms with E-state index in [0.29, 0.717) is 5.82 Å². The highest BCUT2D eigenvalue weighted by molar-refractivity contribution is 5.28. The van der Waals surface area contributed by atoms with Gasteiger partial charge in [-0.25, -0.2) is 10.8 Å². The van der Waals surface area contributed by atoms with Crippen LogP contribution in [0, 0.1) is 5.92 Å². The first-order valence-electron chi connectivity index (χ1n) is 6.24. The SMILES string of the molecule is CN(Cc1cnc(NN)cn1)CC1CCCC1. The molecule has 0 amide bonds. The molecule has 0 unspecified atom stereocenters. The Morgan fingerprint density at radius 2 is 2.12 bits per heavy atom. The first-order valence-corrected chi connectivity index (χ1v) is 6.24. The molecule has 1 fully saturated rings. The highest BCUT2D eigenvalue weighted by atomic mass is 15.3. The van der Waals surface area contributed by atoms with Gasteiger partial charge in [0.05, 0.1) is 18.1 Å². The second-order valence-electron chi connectivity index (χ2n) is 4.88. The molecule has 0 spiro atoms. The van der Waals surface area contributed by atoms with Crippen LogP contribution < -0.4 is 11.3 Å². The number of nitrogens with two attached hydrogens (primary N) is 1. The summed E-state index contributed by atoms with van der Waals surface area (Å²) in [7, 11) is 2.15. The Balaban J connectivity index is 1.81. The number of hydrogen-bond donors (Lipinski definition) is 2. The Kier molecular flexibility index (Phi) is 4.28. The molecule has 1 heterocycles. The summed E-state index contributed by atoms with van der Waals surface area (Å²) in [5, 5.41) is 0. The van der Waals surface area contributed by atoms with Gasteiger partial charge >= 0.3 is 0 Å². The van der Waals surface area contributed by atoms with Crippen LogP contribution in [-0.4, -0.2) is 28.5 Å². The topological polar surface area (TPSA) is 67.1 Å². The fraction of sp³-hybridized carbons (Fsp3) is 0.667. The third-order valence-corrected chi connectivity index (χ3v) is 3.33. The lowest BCUT2D eigenvalue weighted by Crippen LogP contribution is -2.24. The van der Waals surface area contributed by atoms with Gasteiger partial charge in [-0.05, 0) is 25.8 Å². The number of hydrazine groups is 1. The third kappa shape index (κ3) is 3.64. The molecule has 94 valence electrons. The monoisotopic (exact) mass is 235 g/mol. The number of anilines is 1. The van der Waals surface area contributed by atoms with Crippen molar-refractivity contribution in [2.75, 3.05) is 19.0 Å². The summed E-state index contributed by atoms with van der Waals surface area (Å²) in [5.74, 6) is 6.72. The van der Waals surface area contributed by atoms with Crippen molar-refractivity contribution < 1.29 is 0 Å². The summed E-state index contributed by atoms with van der Waals surface area (Å²) < 4.78 is 0. The van der Waals surface area contributed by atoms with Gasteiger partial charge in [0, 0.05) is 13.1 Å². The van der Waals surface area contributed by atoms with Gasteiger partial charge < -0.3 is 10.3 Å². The normalized spacial score (nSPS) is 16.6. The van der Waals surface area contributed by atoms with Gasteiger partial charge in [-0.15, -0.1) is 0 Å². The van der Waals surface area contributed by atoms with Crippen LogP contribution in [0.1, 0.15) is 31.4 Å².